The van der Waals surface area contributed by atoms with Gasteiger partial charge in [-0.2, -0.15) is 0 Å². The molecule has 0 saturated heterocycles. The fourth-order valence-electron chi connectivity index (χ4n) is 0.949. The minimum atomic E-state index is 0.0414. The van der Waals surface area contributed by atoms with Crippen molar-refractivity contribution >= 4 is 17.7 Å². The van der Waals surface area contributed by atoms with Crippen molar-refractivity contribution < 1.29 is 9.90 Å². The molecule has 0 saturated carbocycles. The van der Waals surface area contributed by atoms with Gasteiger partial charge in [-0.25, -0.2) is 0 Å². The van der Waals surface area contributed by atoms with Crippen LogP contribution in [0.2, 0.25) is 0 Å². The third kappa shape index (κ3) is 6.27. The average Bonchev–Trinajstić information content (AvgIpc) is 2.09. The fourth-order valence-corrected chi connectivity index (χ4v) is 1.69. The molecule has 0 aromatic carbocycles. The number of thioether (sulfide) groups is 1. The Morgan fingerprint density at radius 2 is 2.00 bits per heavy atom. The van der Waals surface area contributed by atoms with Gasteiger partial charge in [0.15, 0.2) is 0 Å². The van der Waals surface area contributed by atoms with E-state index in [1.807, 2.05) is 6.92 Å². The predicted molar refractivity (Wildman–Crippen MR) is 61.6 cm³/mol. The smallest absolute Gasteiger partial charge is 0.232 e. The van der Waals surface area contributed by atoms with Crippen LogP contribution in [-0.4, -0.2) is 46.1 Å². The van der Waals surface area contributed by atoms with Crippen LogP contribution in [0, 0.1) is 0 Å². The second kappa shape index (κ2) is 6.30. The van der Waals surface area contributed by atoms with E-state index in [4.69, 9.17) is 5.11 Å². The molecule has 0 unspecified atom stereocenters. The topological polar surface area (TPSA) is 40.5 Å². The van der Waals surface area contributed by atoms with Crippen molar-refractivity contribution in [3.63, 3.8) is 0 Å². The fraction of sp³-hybridized carbons (Fsp3) is 0.900. The van der Waals surface area contributed by atoms with Gasteiger partial charge in [-0.3, -0.25) is 4.79 Å². The minimum absolute atomic E-state index is 0.0414. The summed E-state index contributed by atoms with van der Waals surface area (Å²) < 4.78 is 0.119. The van der Waals surface area contributed by atoms with E-state index in [0.29, 0.717) is 18.8 Å². The molecule has 0 heterocycles. The zero-order chi connectivity index (χ0) is 11.2. The van der Waals surface area contributed by atoms with Crippen molar-refractivity contribution in [2.24, 2.45) is 0 Å². The van der Waals surface area contributed by atoms with Crippen LogP contribution in [0.15, 0.2) is 0 Å². The number of hydrogen-bond donors (Lipinski definition) is 1. The maximum atomic E-state index is 11.6. The van der Waals surface area contributed by atoms with Gasteiger partial charge in [0.05, 0.1) is 12.4 Å². The first-order chi connectivity index (χ1) is 6.40. The van der Waals surface area contributed by atoms with Crippen LogP contribution in [0.4, 0.5) is 0 Å². The molecule has 84 valence electrons. The first-order valence-corrected chi connectivity index (χ1v) is 5.92. The lowest BCUT2D eigenvalue weighted by Crippen LogP contribution is -2.35. The lowest BCUT2D eigenvalue weighted by Gasteiger charge is -2.22. The number of aliphatic hydroxyl groups is 1. The van der Waals surface area contributed by atoms with Gasteiger partial charge in [0.2, 0.25) is 5.91 Å². The highest BCUT2D eigenvalue weighted by Crippen LogP contribution is 2.23. The molecule has 0 aliphatic rings. The number of hydrogen-bond acceptors (Lipinski definition) is 3. The van der Waals surface area contributed by atoms with Gasteiger partial charge in [0.25, 0.3) is 0 Å². The molecule has 14 heavy (non-hydrogen) atoms. The van der Waals surface area contributed by atoms with E-state index < -0.39 is 0 Å². The molecule has 0 aliphatic carbocycles. The molecule has 0 aromatic rings. The van der Waals surface area contributed by atoms with E-state index in [9.17, 15) is 4.79 Å². The summed E-state index contributed by atoms with van der Waals surface area (Å²) in [6.07, 6.45) is 0. The lowest BCUT2D eigenvalue weighted by atomic mass is 10.3. The van der Waals surface area contributed by atoms with Crippen molar-refractivity contribution in [2.45, 2.75) is 32.4 Å². The Kier molecular flexibility index (Phi) is 6.20. The molecule has 4 heteroatoms. The highest BCUT2D eigenvalue weighted by molar-refractivity contribution is 8.01. The number of likely N-dealkylation sites (N-methyl/N-ethyl adjacent to an activating group) is 1. The molecule has 1 N–H and O–H groups in total. The normalized spacial score (nSPS) is 11.5. The quantitative estimate of drug-likeness (QED) is 0.759. The second-order valence-electron chi connectivity index (χ2n) is 4.10. The zero-order valence-electron chi connectivity index (χ0n) is 9.54. The van der Waals surface area contributed by atoms with Gasteiger partial charge in [0.1, 0.15) is 0 Å². The number of rotatable bonds is 5. The standard InChI is InChI=1S/C10H21NO2S/c1-5-11(6-7-12)9(13)8-14-10(2,3)4/h12H,5-8H2,1-4H3. The average molecular weight is 219 g/mol. The Morgan fingerprint density at radius 3 is 2.36 bits per heavy atom. The van der Waals surface area contributed by atoms with Crippen molar-refractivity contribution in [3.8, 4) is 0 Å². The van der Waals surface area contributed by atoms with Crippen molar-refractivity contribution in [1.29, 1.82) is 0 Å². The van der Waals surface area contributed by atoms with Crippen molar-refractivity contribution in [3.05, 3.63) is 0 Å². The van der Waals surface area contributed by atoms with Crippen LogP contribution in [0.25, 0.3) is 0 Å². The van der Waals surface area contributed by atoms with Crippen LogP contribution in [0.5, 0.6) is 0 Å². The molecule has 1 amide bonds. The summed E-state index contributed by atoms with van der Waals surface area (Å²) in [6, 6.07) is 0. The molecule has 0 bridgehead atoms. The van der Waals surface area contributed by atoms with E-state index in [1.165, 1.54) is 0 Å². The number of aliphatic hydroxyl groups excluding tert-OH is 1. The SMILES string of the molecule is CCN(CCO)C(=O)CSC(C)(C)C. The molecule has 0 aliphatic heterocycles. The Hall–Kier alpha value is -0.220. The predicted octanol–water partition coefficient (Wildman–Crippen LogP) is 1.36. The van der Waals surface area contributed by atoms with Crippen LogP contribution < -0.4 is 0 Å². The zero-order valence-corrected chi connectivity index (χ0v) is 10.4. The summed E-state index contributed by atoms with van der Waals surface area (Å²) in [4.78, 5) is 13.3. The van der Waals surface area contributed by atoms with Crippen LogP contribution in [0.1, 0.15) is 27.7 Å². The molecular formula is C10H21NO2S. The summed E-state index contributed by atoms with van der Waals surface area (Å²) in [7, 11) is 0. The van der Waals surface area contributed by atoms with Crippen LogP contribution in [0.3, 0.4) is 0 Å². The molecule has 0 spiro atoms. The first kappa shape index (κ1) is 13.8. The Bertz CT molecular complexity index is 177. The highest BCUT2D eigenvalue weighted by atomic mass is 32.2. The molecule has 0 radical (unpaired) electrons. The van der Waals surface area contributed by atoms with E-state index in [0.717, 1.165) is 0 Å². The third-order valence-corrected chi connectivity index (χ3v) is 2.99. The Labute approximate surface area is 90.9 Å². The summed E-state index contributed by atoms with van der Waals surface area (Å²) >= 11 is 1.64. The summed E-state index contributed by atoms with van der Waals surface area (Å²) in [5.74, 6) is 0.610. The van der Waals surface area contributed by atoms with Crippen LogP contribution in [-0.2, 0) is 4.79 Å². The number of nitrogens with zero attached hydrogens (tertiary/aromatic N) is 1. The van der Waals surface area contributed by atoms with Crippen LogP contribution >= 0.6 is 11.8 Å². The van der Waals surface area contributed by atoms with Crippen molar-refractivity contribution in [2.75, 3.05) is 25.4 Å². The van der Waals surface area contributed by atoms with Gasteiger partial charge in [-0.05, 0) is 6.92 Å². The molecule has 0 atom stereocenters. The van der Waals surface area contributed by atoms with E-state index in [2.05, 4.69) is 20.8 Å². The summed E-state index contributed by atoms with van der Waals surface area (Å²) in [6.45, 7) is 9.35. The monoisotopic (exact) mass is 219 g/mol. The van der Waals surface area contributed by atoms with Gasteiger partial charge in [-0.15, -0.1) is 11.8 Å². The van der Waals surface area contributed by atoms with E-state index in [1.54, 1.807) is 16.7 Å². The second-order valence-corrected chi connectivity index (χ2v) is 5.90. The summed E-state index contributed by atoms with van der Waals surface area (Å²) in [5.41, 5.74) is 0. The third-order valence-electron chi connectivity index (χ3n) is 1.73. The molecule has 3 nitrogen and oxygen atoms in total. The van der Waals surface area contributed by atoms with Gasteiger partial charge >= 0.3 is 0 Å². The molecule has 0 rings (SSSR count). The Morgan fingerprint density at radius 1 is 1.43 bits per heavy atom. The molecule has 0 aromatic heterocycles. The number of carbonyl (C=O) groups excluding carboxylic acids is 1. The summed E-state index contributed by atoms with van der Waals surface area (Å²) in [5, 5.41) is 8.74. The maximum Gasteiger partial charge on any atom is 0.232 e. The number of carbonyl (C=O) groups is 1. The first-order valence-electron chi connectivity index (χ1n) is 4.93. The van der Waals surface area contributed by atoms with E-state index in [-0.39, 0.29) is 17.3 Å². The molecule has 0 fully saturated rings. The van der Waals surface area contributed by atoms with Gasteiger partial charge in [0, 0.05) is 17.8 Å². The minimum Gasteiger partial charge on any atom is -0.395 e. The van der Waals surface area contributed by atoms with Gasteiger partial charge in [-0.1, -0.05) is 20.8 Å². The Balaban J connectivity index is 3.93. The lowest BCUT2D eigenvalue weighted by molar-refractivity contribution is -0.128. The highest BCUT2D eigenvalue weighted by Gasteiger charge is 2.16. The number of amides is 1. The largest absolute Gasteiger partial charge is 0.395 e. The van der Waals surface area contributed by atoms with E-state index >= 15 is 0 Å². The maximum absolute atomic E-state index is 11.6. The molecular weight excluding hydrogens is 198 g/mol. The van der Waals surface area contributed by atoms with Gasteiger partial charge < -0.3 is 10.0 Å². The van der Waals surface area contributed by atoms with Crippen molar-refractivity contribution in [1.82, 2.24) is 4.90 Å².